The summed E-state index contributed by atoms with van der Waals surface area (Å²) in [6, 6.07) is 6.77. The van der Waals surface area contributed by atoms with E-state index in [1.165, 1.54) is 4.31 Å². The summed E-state index contributed by atoms with van der Waals surface area (Å²) in [6.45, 7) is 4.46. The van der Waals surface area contributed by atoms with Gasteiger partial charge in [0.2, 0.25) is 10.0 Å². The van der Waals surface area contributed by atoms with Gasteiger partial charge in [-0.2, -0.15) is 4.31 Å². The van der Waals surface area contributed by atoms with Gasteiger partial charge in [-0.25, -0.2) is 8.42 Å². The summed E-state index contributed by atoms with van der Waals surface area (Å²) in [5.41, 5.74) is 6.93. The Bertz CT molecular complexity index is 502. The summed E-state index contributed by atoms with van der Waals surface area (Å²) in [7, 11) is -1.80. The van der Waals surface area contributed by atoms with E-state index < -0.39 is 10.0 Å². The molecular formula is C13H22N2O3S. The first-order chi connectivity index (χ1) is 8.90. The monoisotopic (exact) mass is 286 g/mol. The Kier molecular flexibility index (Phi) is 5.78. The predicted octanol–water partition coefficient (Wildman–Crippen LogP) is 1.46. The Labute approximate surface area is 115 Å². The minimum absolute atomic E-state index is 0.0417. The minimum Gasteiger partial charge on any atom is -0.399 e. The van der Waals surface area contributed by atoms with Gasteiger partial charge in [0.25, 0.3) is 0 Å². The zero-order chi connectivity index (χ0) is 14.5. The summed E-state index contributed by atoms with van der Waals surface area (Å²) in [5.74, 6) is -0.0417. The van der Waals surface area contributed by atoms with Crippen molar-refractivity contribution in [3.8, 4) is 0 Å². The Balaban J connectivity index is 2.89. The van der Waals surface area contributed by atoms with E-state index in [0.29, 0.717) is 24.4 Å². The van der Waals surface area contributed by atoms with Crippen LogP contribution in [0, 0.1) is 0 Å². The van der Waals surface area contributed by atoms with E-state index in [1.54, 1.807) is 31.4 Å². The Hall–Kier alpha value is -1.11. The molecule has 6 heteroatoms. The van der Waals surface area contributed by atoms with Gasteiger partial charge in [0.15, 0.2) is 0 Å². The maximum Gasteiger partial charge on any atom is 0.218 e. The van der Waals surface area contributed by atoms with E-state index in [4.69, 9.17) is 10.5 Å². The number of methoxy groups -OCH3 is 1. The van der Waals surface area contributed by atoms with Gasteiger partial charge in [0, 0.05) is 25.4 Å². The summed E-state index contributed by atoms with van der Waals surface area (Å²) in [5, 5.41) is 0. The van der Waals surface area contributed by atoms with E-state index in [1.807, 2.05) is 13.8 Å². The zero-order valence-electron chi connectivity index (χ0n) is 11.7. The standard InChI is InChI=1S/C13H22N2O3S/c1-4-15(11(2)9-18-3)19(16,17)10-12-6-5-7-13(14)8-12/h5-8,11H,4,9-10,14H2,1-3H3. The SMILES string of the molecule is CCN(C(C)COC)S(=O)(=O)Cc1cccc(N)c1. The lowest BCUT2D eigenvalue weighted by molar-refractivity contribution is 0.142. The molecule has 1 aromatic carbocycles. The smallest absolute Gasteiger partial charge is 0.218 e. The third-order valence-electron chi connectivity index (χ3n) is 2.87. The zero-order valence-corrected chi connectivity index (χ0v) is 12.5. The molecule has 0 aliphatic heterocycles. The molecule has 5 nitrogen and oxygen atoms in total. The number of ether oxygens (including phenoxy) is 1. The van der Waals surface area contributed by atoms with Crippen LogP contribution in [0.4, 0.5) is 5.69 Å². The number of hydrogen-bond acceptors (Lipinski definition) is 4. The van der Waals surface area contributed by atoms with Gasteiger partial charge >= 0.3 is 0 Å². The van der Waals surface area contributed by atoms with E-state index in [9.17, 15) is 8.42 Å². The first-order valence-corrected chi connectivity index (χ1v) is 7.84. The number of nitrogen functional groups attached to an aromatic ring is 1. The molecule has 1 atom stereocenters. The fraction of sp³-hybridized carbons (Fsp3) is 0.538. The molecule has 0 fully saturated rings. The molecule has 1 unspecified atom stereocenters. The van der Waals surface area contributed by atoms with Gasteiger partial charge in [-0.05, 0) is 24.6 Å². The summed E-state index contributed by atoms with van der Waals surface area (Å²) in [4.78, 5) is 0. The quantitative estimate of drug-likeness (QED) is 0.770. The van der Waals surface area contributed by atoms with Crippen LogP contribution >= 0.6 is 0 Å². The lowest BCUT2D eigenvalue weighted by atomic mass is 10.2. The molecule has 0 saturated carbocycles. The summed E-state index contributed by atoms with van der Waals surface area (Å²) >= 11 is 0. The van der Waals surface area contributed by atoms with Crippen molar-refractivity contribution in [3.05, 3.63) is 29.8 Å². The van der Waals surface area contributed by atoms with E-state index >= 15 is 0 Å². The minimum atomic E-state index is -3.37. The largest absolute Gasteiger partial charge is 0.399 e. The van der Waals surface area contributed by atoms with Gasteiger partial charge in [0.05, 0.1) is 12.4 Å². The second kappa shape index (κ2) is 6.88. The molecule has 0 aliphatic rings. The second-order valence-corrected chi connectivity index (χ2v) is 6.43. The topological polar surface area (TPSA) is 72.6 Å². The first kappa shape index (κ1) is 15.9. The Morgan fingerprint density at radius 2 is 2.11 bits per heavy atom. The Morgan fingerprint density at radius 1 is 1.42 bits per heavy atom. The van der Waals surface area contributed by atoms with Crippen molar-refractivity contribution in [2.75, 3.05) is 26.0 Å². The first-order valence-electron chi connectivity index (χ1n) is 6.23. The van der Waals surface area contributed by atoms with Crippen molar-refractivity contribution in [2.45, 2.75) is 25.6 Å². The molecule has 2 N–H and O–H groups in total. The van der Waals surface area contributed by atoms with Crippen LogP contribution in [-0.2, 0) is 20.5 Å². The van der Waals surface area contributed by atoms with Crippen LogP contribution in [0.15, 0.2) is 24.3 Å². The highest BCUT2D eigenvalue weighted by atomic mass is 32.2. The molecule has 19 heavy (non-hydrogen) atoms. The van der Waals surface area contributed by atoms with Gasteiger partial charge in [0.1, 0.15) is 0 Å². The van der Waals surface area contributed by atoms with E-state index in [0.717, 1.165) is 0 Å². The molecule has 0 spiro atoms. The van der Waals surface area contributed by atoms with Crippen LogP contribution in [0.1, 0.15) is 19.4 Å². The fourth-order valence-electron chi connectivity index (χ4n) is 2.08. The van der Waals surface area contributed by atoms with Crippen molar-refractivity contribution in [3.63, 3.8) is 0 Å². The van der Waals surface area contributed by atoms with Crippen LogP contribution in [0.25, 0.3) is 0 Å². The van der Waals surface area contributed by atoms with Crippen LogP contribution in [0.3, 0.4) is 0 Å². The molecule has 0 saturated heterocycles. The summed E-state index contributed by atoms with van der Waals surface area (Å²) in [6.07, 6.45) is 0. The number of nitrogens with zero attached hydrogens (tertiary/aromatic N) is 1. The predicted molar refractivity (Wildman–Crippen MR) is 77.2 cm³/mol. The number of likely N-dealkylation sites (N-methyl/N-ethyl adjacent to an activating group) is 1. The fourth-order valence-corrected chi connectivity index (χ4v) is 3.85. The van der Waals surface area contributed by atoms with Gasteiger partial charge in [-0.3, -0.25) is 0 Å². The number of nitrogens with two attached hydrogens (primary N) is 1. The molecule has 0 bridgehead atoms. The number of sulfonamides is 1. The molecule has 0 heterocycles. The maximum absolute atomic E-state index is 12.4. The average Bonchev–Trinajstić information content (AvgIpc) is 2.28. The average molecular weight is 286 g/mol. The highest BCUT2D eigenvalue weighted by Crippen LogP contribution is 2.15. The lowest BCUT2D eigenvalue weighted by Gasteiger charge is -2.26. The third kappa shape index (κ3) is 4.49. The number of rotatable bonds is 7. The second-order valence-electron chi connectivity index (χ2n) is 4.51. The highest BCUT2D eigenvalue weighted by molar-refractivity contribution is 7.88. The molecule has 0 radical (unpaired) electrons. The molecular weight excluding hydrogens is 264 g/mol. The molecule has 0 amide bonds. The van der Waals surface area contributed by atoms with Crippen LogP contribution in [0.2, 0.25) is 0 Å². The van der Waals surface area contributed by atoms with Gasteiger partial charge in [-0.1, -0.05) is 19.1 Å². The normalized spacial score (nSPS) is 13.7. The molecule has 0 aromatic heterocycles. The number of anilines is 1. The van der Waals surface area contributed by atoms with Crippen LogP contribution in [0.5, 0.6) is 0 Å². The molecule has 108 valence electrons. The van der Waals surface area contributed by atoms with E-state index in [-0.39, 0.29) is 11.8 Å². The maximum atomic E-state index is 12.4. The van der Waals surface area contributed by atoms with Crippen molar-refractivity contribution in [1.29, 1.82) is 0 Å². The Morgan fingerprint density at radius 3 is 2.63 bits per heavy atom. The molecule has 1 rings (SSSR count). The van der Waals surface area contributed by atoms with E-state index in [2.05, 4.69) is 0 Å². The number of hydrogen-bond donors (Lipinski definition) is 1. The lowest BCUT2D eigenvalue weighted by Crippen LogP contribution is -2.41. The van der Waals surface area contributed by atoms with Crippen molar-refractivity contribution >= 4 is 15.7 Å². The highest BCUT2D eigenvalue weighted by Gasteiger charge is 2.25. The van der Waals surface area contributed by atoms with Crippen molar-refractivity contribution in [1.82, 2.24) is 4.31 Å². The van der Waals surface area contributed by atoms with Crippen molar-refractivity contribution in [2.24, 2.45) is 0 Å². The summed E-state index contributed by atoms with van der Waals surface area (Å²) < 4.78 is 31.3. The molecule has 1 aromatic rings. The van der Waals surface area contributed by atoms with Crippen LogP contribution < -0.4 is 5.73 Å². The van der Waals surface area contributed by atoms with Gasteiger partial charge < -0.3 is 10.5 Å². The third-order valence-corrected chi connectivity index (χ3v) is 4.90. The number of benzene rings is 1. The van der Waals surface area contributed by atoms with Crippen molar-refractivity contribution < 1.29 is 13.2 Å². The molecule has 0 aliphatic carbocycles. The van der Waals surface area contributed by atoms with Crippen LogP contribution in [-0.4, -0.2) is 39.0 Å². The van der Waals surface area contributed by atoms with Gasteiger partial charge in [-0.15, -0.1) is 0 Å².